The molecule has 5 rings (SSSR count). The molecule has 13 nitrogen and oxygen atoms in total. The fourth-order valence-electron chi connectivity index (χ4n) is 6.03. The summed E-state index contributed by atoms with van der Waals surface area (Å²) in [7, 11) is 0. The zero-order valence-corrected chi connectivity index (χ0v) is 27.6. The number of urea groups is 1. The Hall–Kier alpha value is -4.93. The molecule has 3 heterocycles. The highest BCUT2D eigenvalue weighted by Gasteiger charge is 2.21. The number of benzene rings is 2. The van der Waals surface area contributed by atoms with Crippen LogP contribution in [0.3, 0.4) is 0 Å². The molecule has 0 bridgehead atoms. The van der Waals surface area contributed by atoms with Crippen LogP contribution >= 0.6 is 0 Å². The van der Waals surface area contributed by atoms with E-state index in [1.165, 1.54) is 0 Å². The summed E-state index contributed by atoms with van der Waals surface area (Å²) in [6.07, 6.45) is 4.55. The van der Waals surface area contributed by atoms with Gasteiger partial charge in [0.05, 0.1) is 42.3 Å². The number of ether oxygens (including phenoxy) is 1. The molecule has 0 saturated carbocycles. The maximum Gasteiger partial charge on any atom is 0.319 e. The Morgan fingerprint density at radius 3 is 2.65 bits per heavy atom. The number of hydrogen-bond acceptors (Lipinski definition) is 9. The van der Waals surface area contributed by atoms with Crippen molar-refractivity contribution in [2.24, 2.45) is 0 Å². The number of pyridine rings is 1. The van der Waals surface area contributed by atoms with Crippen LogP contribution in [0.5, 0.6) is 0 Å². The summed E-state index contributed by atoms with van der Waals surface area (Å²) in [5, 5.41) is 24.6. The molecule has 13 heteroatoms. The molecule has 4 aromatic rings. The van der Waals surface area contributed by atoms with Gasteiger partial charge in [0.25, 0.3) is 0 Å². The van der Waals surface area contributed by atoms with Gasteiger partial charge in [-0.3, -0.25) is 9.69 Å². The van der Waals surface area contributed by atoms with Crippen molar-refractivity contribution in [3.63, 3.8) is 0 Å². The summed E-state index contributed by atoms with van der Waals surface area (Å²) >= 11 is 0. The number of carbonyl (C=O) groups is 2. The average Bonchev–Trinajstić information content (AvgIpc) is 3.46. The number of unbranched alkanes of at least 4 members (excludes halogenated alkanes) is 2. The van der Waals surface area contributed by atoms with E-state index < -0.39 is 5.97 Å². The maximum absolute atomic E-state index is 12.4. The summed E-state index contributed by atoms with van der Waals surface area (Å²) in [5.41, 5.74) is 11.3. The molecule has 0 spiro atoms. The fourth-order valence-corrected chi connectivity index (χ4v) is 6.03. The highest BCUT2D eigenvalue weighted by atomic mass is 16.5. The molecule has 1 aliphatic heterocycles. The van der Waals surface area contributed by atoms with Gasteiger partial charge in [-0.05, 0) is 55.7 Å². The van der Waals surface area contributed by atoms with E-state index in [1.807, 2.05) is 6.07 Å². The summed E-state index contributed by atoms with van der Waals surface area (Å²) in [5.74, 6) is 0.588. The number of aromatic nitrogens is 3. The van der Waals surface area contributed by atoms with Gasteiger partial charge in [-0.15, -0.1) is 0 Å². The van der Waals surface area contributed by atoms with Crippen LogP contribution in [0, 0.1) is 11.3 Å². The zero-order chi connectivity index (χ0) is 33.9. The van der Waals surface area contributed by atoms with Crippen LogP contribution in [0.25, 0.3) is 21.9 Å². The lowest BCUT2D eigenvalue weighted by atomic mass is 10.1. The van der Waals surface area contributed by atoms with Crippen molar-refractivity contribution in [2.75, 3.05) is 68.4 Å². The van der Waals surface area contributed by atoms with Crippen LogP contribution in [-0.4, -0.2) is 89.0 Å². The molecule has 0 radical (unpaired) electrons. The molecule has 0 aliphatic carbocycles. The molecule has 1 saturated heterocycles. The Balaban J connectivity index is 1.25. The van der Waals surface area contributed by atoms with Crippen molar-refractivity contribution in [3.05, 3.63) is 53.9 Å². The summed E-state index contributed by atoms with van der Waals surface area (Å²) in [4.78, 5) is 37.6. The second kappa shape index (κ2) is 16.8. The van der Waals surface area contributed by atoms with E-state index in [9.17, 15) is 9.59 Å². The molecule has 2 aromatic heterocycles. The van der Waals surface area contributed by atoms with Gasteiger partial charge in [0.2, 0.25) is 0 Å². The summed E-state index contributed by atoms with van der Waals surface area (Å²) < 4.78 is 7.78. The number of fused-ring (bicyclic) bond motifs is 3. The van der Waals surface area contributed by atoms with E-state index in [-0.39, 0.29) is 19.1 Å². The average molecular weight is 656 g/mol. The van der Waals surface area contributed by atoms with E-state index in [0.717, 1.165) is 105 Å². The SMILES string of the molecule is CCCCc1nc2c(N)nc3ccc(N4CCN(CCOCCC(=O)O)CC4)cc3c2n1CCCCNC(=O)Nc1cccc(C#N)c1. The number of nitriles is 1. The molecule has 1 aliphatic rings. The van der Waals surface area contributed by atoms with Gasteiger partial charge in [0.1, 0.15) is 11.3 Å². The normalized spacial score (nSPS) is 13.5. The summed E-state index contributed by atoms with van der Waals surface area (Å²) in [6, 6.07) is 15.0. The molecule has 1 fully saturated rings. The quantitative estimate of drug-likeness (QED) is 0.125. The molecule has 2 aromatic carbocycles. The maximum atomic E-state index is 12.4. The van der Waals surface area contributed by atoms with E-state index in [4.69, 9.17) is 30.8 Å². The van der Waals surface area contributed by atoms with Gasteiger partial charge in [0.15, 0.2) is 5.82 Å². The van der Waals surface area contributed by atoms with E-state index in [0.29, 0.717) is 30.2 Å². The molecule has 48 heavy (non-hydrogen) atoms. The molecular weight excluding hydrogens is 610 g/mol. The van der Waals surface area contributed by atoms with Crippen LogP contribution in [0.1, 0.15) is 50.4 Å². The first-order chi connectivity index (χ1) is 23.4. The lowest BCUT2D eigenvalue weighted by molar-refractivity contribution is -0.138. The van der Waals surface area contributed by atoms with Gasteiger partial charge in [0, 0.05) is 69.0 Å². The Morgan fingerprint density at radius 1 is 1.04 bits per heavy atom. The fraction of sp³-hybridized carbons (Fsp3) is 0.457. The van der Waals surface area contributed by atoms with Crippen LogP contribution in [0.2, 0.25) is 0 Å². The molecule has 5 N–H and O–H groups in total. The molecule has 2 amide bonds. The zero-order valence-electron chi connectivity index (χ0n) is 27.6. The van der Waals surface area contributed by atoms with Gasteiger partial charge >= 0.3 is 12.0 Å². The van der Waals surface area contributed by atoms with Crippen molar-refractivity contribution in [1.29, 1.82) is 5.26 Å². The Labute approximate surface area is 280 Å². The minimum atomic E-state index is -0.842. The number of carboxylic acid groups (broad SMARTS) is 1. The Kier molecular flexibility index (Phi) is 12.0. The second-order valence-corrected chi connectivity index (χ2v) is 12.0. The van der Waals surface area contributed by atoms with Gasteiger partial charge < -0.3 is 35.7 Å². The minimum Gasteiger partial charge on any atom is -0.481 e. The lowest BCUT2D eigenvalue weighted by Crippen LogP contribution is -2.47. The number of imidazole rings is 1. The number of aryl methyl sites for hydroxylation is 2. The molecule has 0 unspecified atom stereocenters. The number of amides is 2. The van der Waals surface area contributed by atoms with Gasteiger partial charge in [-0.1, -0.05) is 19.4 Å². The van der Waals surface area contributed by atoms with Crippen molar-refractivity contribution >= 4 is 51.1 Å². The number of nitrogens with one attached hydrogen (secondary N) is 2. The first-order valence-corrected chi connectivity index (χ1v) is 16.8. The van der Waals surface area contributed by atoms with Gasteiger partial charge in [-0.25, -0.2) is 14.8 Å². The predicted molar refractivity (Wildman–Crippen MR) is 187 cm³/mol. The monoisotopic (exact) mass is 655 g/mol. The largest absolute Gasteiger partial charge is 0.481 e. The number of piperazine rings is 1. The van der Waals surface area contributed by atoms with Crippen molar-refractivity contribution in [2.45, 2.75) is 52.0 Å². The van der Waals surface area contributed by atoms with E-state index >= 15 is 0 Å². The Morgan fingerprint density at radius 2 is 1.88 bits per heavy atom. The van der Waals surface area contributed by atoms with Crippen molar-refractivity contribution < 1.29 is 19.4 Å². The van der Waals surface area contributed by atoms with E-state index in [2.05, 4.69) is 50.1 Å². The third-order valence-electron chi connectivity index (χ3n) is 8.61. The first-order valence-electron chi connectivity index (χ1n) is 16.8. The van der Waals surface area contributed by atoms with Crippen LogP contribution in [-0.2, 0) is 22.5 Å². The van der Waals surface area contributed by atoms with Crippen molar-refractivity contribution in [3.8, 4) is 6.07 Å². The lowest BCUT2D eigenvalue weighted by Gasteiger charge is -2.36. The van der Waals surface area contributed by atoms with Crippen LogP contribution < -0.4 is 21.3 Å². The van der Waals surface area contributed by atoms with Gasteiger partial charge in [-0.2, -0.15) is 5.26 Å². The number of anilines is 3. The van der Waals surface area contributed by atoms with Crippen LogP contribution in [0.4, 0.5) is 22.0 Å². The van der Waals surface area contributed by atoms with E-state index in [1.54, 1.807) is 24.3 Å². The number of nitrogen functional groups attached to an aromatic ring is 1. The first kappa shape index (κ1) is 34.4. The molecule has 254 valence electrons. The van der Waals surface area contributed by atoms with Crippen molar-refractivity contribution in [1.82, 2.24) is 24.8 Å². The minimum absolute atomic E-state index is 0.0277. The Bertz CT molecular complexity index is 1760. The molecular formula is C35H45N9O4. The molecule has 0 atom stereocenters. The highest BCUT2D eigenvalue weighted by Crippen LogP contribution is 2.32. The summed E-state index contributed by atoms with van der Waals surface area (Å²) in [6.45, 7) is 8.50. The third-order valence-corrected chi connectivity index (χ3v) is 8.61. The topological polar surface area (TPSA) is 175 Å². The predicted octanol–water partition coefficient (Wildman–Crippen LogP) is 4.60. The highest BCUT2D eigenvalue weighted by molar-refractivity contribution is 6.07. The number of aliphatic carboxylic acids is 1. The standard InChI is InChI=1S/C35H45N9O4/c1-2-3-9-30-41-32-33(44(30)14-5-4-13-38-35(47)39-26-8-6-7-25(22-26)24-36)28-23-27(10-11-29(28)40-34(32)37)43-17-15-42(16-18-43)19-21-48-20-12-31(45)46/h6-8,10-11,22-23H,2-5,9,12-21H2,1H3,(H2,37,40)(H,45,46)(H2,38,39,47). The number of hydrogen-bond donors (Lipinski definition) is 4. The smallest absolute Gasteiger partial charge is 0.319 e. The number of nitrogens with zero attached hydrogens (tertiary/aromatic N) is 6. The number of carboxylic acids is 1. The van der Waals surface area contributed by atoms with Crippen LogP contribution in [0.15, 0.2) is 42.5 Å². The number of rotatable bonds is 16. The number of nitrogens with two attached hydrogens (primary N) is 1. The second-order valence-electron chi connectivity index (χ2n) is 12.0. The number of carbonyl (C=O) groups excluding carboxylic acids is 1. The third kappa shape index (κ3) is 8.90.